The number of hydrogen-bond acceptors (Lipinski definition) is 2. The van der Waals surface area contributed by atoms with E-state index in [1.807, 2.05) is 6.20 Å². The van der Waals surface area contributed by atoms with Crippen LogP contribution in [0.5, 0.6) is 0 Å². The maximum Gasteiger partial charge on any atom is 0.0664 e. The van der Waals surface area contributed by atoms with Crippen LogP contribution in [-0.4, -0.2) is 10.2 Å². The third-order valence-electron chi connectivity index (χ3n) is 2.33. The molecule has 0 unspecified atom stereocenters. The predicted octanol–water partition coefficient (Wildman–Crippen LogP) is 2.05. The zero-order valence-electron chi connectivity index (χ0n) is 6.75. The first kappa shape index (κ1) is 6.77. The number of aromatic nitrogens is 2. The van der Waals surface area contributed by atoms with E-state index in [0.29, 0.717) is 5.92 Å². The highest BCUT2D eigenvalue weighted by molar-refractivity contribution is 5.15. The van der Waals surface area contributed by atoms with Gasteiger partial charge in [-0.25, -0.2) is 0 Å². The average Bonchev–Trinajstić information content (AvgIpc) is 1.83. The van der Waals surface area contributed by atoms with Gasteiger partial charge in [-0.3, -0.25) is 0 Å². The Hall–Kier alpha value is -0.920. The molecule has 0 aromatic carbocycles. The van der Waals surface area contributed by atoms with Crippen LogP contribution in [-0.2, 0) is 0 Å². The second-order valence-corrected chi connectivity index (χ2v) is 3.29. The molecule has 2 nitrogen and oxygen atoms in total. The van der Waals surface area contributed by atoms with E-state index in [4.69, 9.17) is 0 Å². The lowest BCUT2D eigenvalue weighted by molar-refractivity contribution is 0.407. The van der Waals surface area contributed by atoms with E-state index >= 15 is 0 Å². The summed E-state index contributed by atoms with van der Waals surface area (Å²) in [6, 6.07) is 2.15. The van der Waals surface area contributed by atoms with E-state index in [9.17, 15) is 0 Å². The van der Waals surface area contributed by atoms with Crippen LogP contribution in [0.15, 0.2) is 12.3 Å². The highest BCUT2D eigenvalue weighted by Crippen LogP contribution is 2.34. The minimum absolute atomic E-state index is 0.711. The van der Waals surface area contributed by atoms with Gasteiger partial charge in [0.15, 0.2) is 0 Å². The summed E-state index contributed by atoms with van der Waals surface area (Å²) >= 11 is 0. The van der Waals surface area contributed by atoms with Crippen molar-refractivity contribution in [3.63, 3.8) is 0 Å². The predicted molar refractivity (Wildman–Crippen MR) is 43.4 cm³/mol. The van der Waals surface area contributed by atoms with Crippen LogP contribution >= 0.6 is 0 Å². The number of rotatable bonds is 1. The SMILES string of the molecule is Cc1cnnc(C2CCC2)c1. The van der Waals surface area contributed by atoms with Gasteiger partial charge in [-0.2, -0.15) is 10.2 Å². The zero-order valence-corrected chi connectivity index (χ0v) is 6.75. The molecule has 1 aliphatic rings. The van der Waals surface area contributed by atoms with Crippen LogP contribution < -0.4 is 0 Å². The molecular weight excluding hydrogens is 136 g/mol. The molecule has 2 heteroatoms. The lowest BCUT2D eigenvalue weighted by atomic mass is 9.83. The van der Waals surface area contributed by atoms with Gasteiger partial charge in [-0.05, 0) is 31.4 Å². The first-order valence-electron chi connectivity index (χ1n) is 4.15. The Morgan fingerprint density at radius 2 is 2.27 bits per heavy atom. The normalized spacial score (nSPS) is 17.9. The molecule has 1 heterocycles. The first-order chi connectivity index (χ1) is 5.36. The van der Waals surface area contributed by atoms with Crippen molar-refractivity contribution in [1.29, 1.82) is 0 Å². The number of aryl methyl sites for hydroxylation is 1. The molecule has 11 heavy (non-hydrogen) atoms. The second kappa shape index (κ2) is 2.61. The summed E-state index contributed by atoms with van der Waals surface area (Å²) in [5, 5.41) is 8.05. The van der Waals surface area contributed by atoms with Gasteiger partial charge in [0.2, 0.25) is 0 Å². The molecule has 1 saturated carbocycles. The van der Waals surface area contributed by atoms with Crippen molar-refractivity contribution in [3.05, 3.63) is 23.5 Å². The van der Waals surface area contributed by atoms with Crippen molar-refractivity contribution < 1.29 is 0 Å². The van der Waals surface area contributed by atoms with E-state index in [1.165, 1.54) is 30.5 Å². The van der Waals surface area contributed by atoms with Gasteiger partial charge in [-0.1, -0.05) is 6.42 Å². The topological polar surface area (TPSA) is 25.8 Å². The third-order valence-corrected chi connectivity index (χ3v) is 2.33. The van der Waals surface area contributed by atoms with Gasteiger partial charge in [0.25, 0.3) is 0 Å². The Morgan fingerprint density at radius 3 is 2.82 bits per heavy atom. The van der Waals surface area contributed by atoms with Crippen molar-refractivity contribution in [3.8, 4) is 0 Å². The minimum atomic E-state index is 0.711. The molecule has 1 fully saturated rings. The van der Waals surface area contributed by atoms with Crippen molar-refractivity contribution in [2.45, 2.75) is 32.1 Å². The van der Waals surface area contributed by atoms with E-state index in [0.717, 1.165) is 0 Å². The molecule has 1 aromatic rings. The smallest absolute Gasteiger partial charge is 0.0664 e. The molecule has 0 aliphatic heterocycles. The molecule has 58 valence electrons. The van der Waals surface area contributed by atoms with Gasteiger partial charge >= 0.3 is 0 Å². The van der Waals surface area contributed by atoms with Crippen LogP contribution in [0.2, 0.25) is 0 Å². The molecule has 0 amide bonds. The Morgan fingerprint density at radius 1 is 1.45 bits per heavy atom. The lowest BCUT2D eigenvalue weighted by Crippen LogP contribution is -2.11. The highest BCUT2D eigenvalue weighted by atomic mass is 15.1. The van der Waals surface area contributed by atoms with Crippen molar-refractivity contribution in [1.82, 2.24) is 10.2 Å². The fourth-order valence-corrected chi connectivity index (χ4v) is 1.39. The molecule has 1 aliphatic carbocycles. The largest absolute Gasteiger partial charge is 0.159 e. The number of hydrogen-bond donors (Lipinski definition) is 0. The summed E-state index contributed by atoms with van der Waals surface area (Å²) in [6.45, 7) is 2.07. The molecular formula is C9H12N2. The van der Waals surface area contributed by atoms with Crippen molar-refractivity contribution in [2.75, 3.05) is 0 Å². The van der Waals surface area contributed by atoms with Crippen LogP contribution in [0.25, 0.3) is 0 Å². The fraction of sp³-hybridized carbons (Fsp3) is 0.556. The van der Waals surface area contributed by atoms with Crippen LogP contribution in [0.3, 0.4) is 0 Å². The van der Waals surface area contributed by atoms with Crippen LogP contribution in [0.4, 0.5) is 0 Å². The lowest BCUT2D eigenvalue weighted by Gasteiger charge is -2.24. The third kappa shape index (κ3) is 1.25. The molecule has 2 rings (SSSR count). The van der Waals surface area contributed by atoms with Crippen LogP contribution in [0, 0.1) is 6.92 Å². The van der Waals surface area contributed by atoms with Gasteiger partial charge in [0, 0.05) is 5.92 Å². The molecule has 0 spiro atoms. The van der Waals surface area contributed by atoms with Gasteiger partial charge in [0.1, 0.15) is 0 Å². The fourth-order valence-electron chi connectivity index (χ4n) is 1.39. The van der Waals surface area contributed by atoms with E-state index < -0.39 is 0 Å². The van der Waals surface area contributed by atoms with Crippen molar-refractivity contribution in [2.24, 2.45) is 0 Å². The van der Waals surface area contributed by atoms with Gasteiger partial charge in [0.05, 0.1) is 11.9 Å². The standard InChI is InChI=1S/C9H12N2/c1-7-5-9(11-10-6-7)8-3-2-4-8/h5-6,8H,2-4H2,1H3. The monoisotopic (exact) mass is 148 g/mol. The maximum absolute atomic E-state index is 4.11. The Kier molecular flexibility index (Phi) is 1.60. The zero-order chi connectivity index (χ0) is 7.68. The summed E-state index contributed by atoms with van der Waals surface area (Å²) in [4.78, 5) is 0. The minimum Gasteiger partial charge on any atom is -0.159 e. The summed E-state index contributed by atoms with van der Waals surface area (Å²) in [5.74, 6) is 0.711. The van der Waals surface area contributed by atoms with Crippen molar-refractivity contribution >= 4 is 0 Å². The summed E-state index contributed by atoms with van der Waals surface area (Å²) in [5.41, 5.74) is 2.41. The number of nitrogens with zero attached hydrogens (tertiary/aromatic N) is 2. The second-order valence-electron chi connectivity index (χ2n) is 3.29. The van der Waals surface area contributed by atoms with Gasteiger partial charge < -0.3 is 0 Å². The summed E-state index contributed by atoms with van der Waals surface area (Å²) < 4.78 is 0. The molecule has 0 atom stereocenters. The van der Waals surface area contributed by atoms with E-state index in [1.54, 1.807) is 0 Å². The average molecular weight is 148 g/mol. The molecule has 0 saturated heterocycles. The highest BCUT2D eigenvalue weighted by Gasteiger charge is 2.20. The molecule has 1 aromatic heterocycles. The summed E-state index contributed by atoms with van der Waals surface area (Å²) in [7, 11) is 0. The van der Waals surface area contributed by atoms with E-state index in [2.05, 4.69) is 23.2 Å². The Labute approximate surface area is 66.7 Å². The van der Waals surface area contributed by atoms with E-state index in [-0.39, 0.29) is 0 Å². The van der Waals surface area contributed by atoms with Gasteiger partial charge in [-0.15, -0.1) is 0 Å². The Bertz CT molecular complexity index is 253. The summed E-state index contributed by atoms with van der Waals surface area (Å²) in [6.07, 6.45) is 5.78. The molecule has 0 bridgehead atoms. The maximum atomic E-state index is 4.11. The quantitative estimate of drug-likeness (QED) is 0.609. The molecule has 0 N–H and O–H groups in total. The Balaban J connectivity index is 2.23. The molecule has 0 radical (unpaired) electrons. The first-order valence-corrected chi connectivity index (χ1v) is 4.15. The van der Waals surface area contributed by atoms with Crippen LogP contribution in [0.1, 0.15) is 36.4 Å².